The van der Waals surface area contributed by atoms with E-state index >= 15 is 0 Å². The predicted molar refractivity (Wildman–Crippen MR) is 235 cm³/mol. The Balaban J connectivity index is 0.000000279. The average molecular weight is 945 g/mol. The predicted octanol–water partition coefficient (Wildman–Crippen LogP) is 6.22. The number of thiophene rings is 2. The normalized spacial score (nSPS) is 11.2. The third kappa shape index (κ3) is 14.9. The highest BCUT2D eigenvalue weighted by atomic mass is 35.5. The number of esters is 2. The molecular formula is C42H43ClF2N6O11S2. The lowest BCUT2D eigenvalue weighted by Crippen LogP contribution is -2.49. The number of carboxylic acid groups (broad SMARTS) is 1. The maximum absolute atomic E-state index is 13.7. The van der Waals surface area contributed by atoms with Crippen LogP contribution >= 0.6 is 35.1 Å². The van der Waals surface area contributed by atoms with Crippen LogP contribution in [0.1, 0.15) is 41.6 Å². The van der Waals surface area contributed by atoms with Gasteiger partial charge < -0.3 is 45.7 Å². The lowest BCUT2D eigenvalue weighted by molar-refractivity contribution is -0.143. The molecule has 0 saturated heterocycles. The summed E-state index contributed by atoms with van der Waals surface area (Å²) in [4.78, 5) is 78.1. The van der Waals surface area contributed by atoms with Crippen molar-refractivity contribution in [1.29, 1.82) is 0 Å². The summed E-state index contributed by atoms with van der Waals surface area (Å²) in [7, 11) is 2.39. The Hall–Kier alpha value is -6.81. The number of halogens is 3. The van der Waals surface area contributed by atoms with Gasteiger partial charge in [0.2, 0.25) is 0 Å². The molecule has 0 spiro atoms. The zero-order chi connectivity index (χ0) is 46.1. The monoisotopic (exact) mass is 944 g/mol. The summed E-state index contributed by atoms with van der Waals surface area (Å²) in [5.41, 5.74) is 8.87. The number of hydrogen-bond donors (Lipinski definition) is 5. The van der Waals surface area contributed by atoms with Crippen molar-refractivity contribution in [3.8, 4) is 0 Å². The standard InChI is InChI=1S/C21H20FN3O5S.C12H16N2O4.C9H6FNO2S.ClH/c1-12-14(22)9-23-15-8-17(31-18(12)15)19(26)24-10-16(20(27)29-2)25-21(28)30-11-13-6-4-3-5-7-13;1-17-11(15)10(7-13)14-12(16)18-8-9-5-3-2-4-6-9;1-4-5(10)3-11-6-2-7(9(12)13)14-8(4)6;/h3-9,16H,10-11H2,1-2H3,(H,24,26)(H,25,28);2-6,10H,7-8,13H2,1H3,(H,14,16);2-3H,1H3,(H,12,13);1H/t16-;10-;;/m11../s1. The minimum absolute atomic E-state index is 0. The van der Waals surface area contributed by atoms with E-state index in [1.165, 1.54) is 26.4 Å². The molecule has 17 nitrogen and oxygen atoms in total. The highest BCUT2D eigenvalue weighted by Crippen LogP contribution is 2.29. The number of fused-ring (bicyclic) bond motifs is 2. The summed E-state index contributed by atoms with van der Waals surface area (Å²) >= 11 is 2.13. The van der Waals surface area contributed by atoms with Crippen LogP contribution in [0, 0.1) is 25.5 Å². The molecule has 0 fully saturated rings. The summed E-state index contributed by atoms with van der Waals surface area (Å²) in [6.45, 7) is 3.11. The number of nitrogens with two attached hydrogens (primary N) is 1. The summed E-state index contributed by atoms with van der Waals surface area (Å²) in [5.74, 6) is -3.70. The number of amides is 3. The number of carbonyl (C=O) groups is 6. The van der Waals surface area contributed by atoms with Crippen molar-refractivity contribution in [2.75, 3.05) is 27.3 Å². The first kappa shape index (κ1) is 51.5. The van der Waals surface area contributed by atoms with E-state index < -0.39 is 59.7 Å². The smallest absolute Gasteiger partial charge is 0.408 e. The van der Waals surface area contributed by atoms with Crippen LogP contribution in [0.2, 0.25) is 0 Å². The molecule has 0 aliphatic heterocycles. The van der Waals surface area contributed by atoms with Crippen molar-refractivity contribution in [1.82, 2.24) is 25.9 Å². The number of rotatable bonds is 13. The number of carboxylic acids is 1. The Labute approximate surface area is 378 Å². The van der Waals surface area contributed by atoms with E-state index in [0.29, 0.717) is 36.4 Å². The molecule has 3 amide bonds. The largest absolute Gasteiger partial charge is 0.477 e. The number of nitrogens with one attached hydrogen (secondary N) is 3. The van der Waals surface area contributed by atoms with Gasteiger partial charge in [-0.15, -0.1) is 35.1 Å². The van der Waals surface area contributed by atoms with Crippen molar-refractivity contribution in [3.63, 3.8) is 0 Å². The number of methoxy groups -OCH3 is 2. The van der Waals surface area contributed by atoms with Crippen LogP contribution in [0.3, 0.4) is 0 Å². The number of aromatic nitrogens is 2. The lowest BCUT2D eigenvalue weighted by Gasteiger charge is -2.17. The molecule has 0 unspecified atom stereocenters. The Morgan fingerprint density at radius 2 is 1.12 bits per heavy atom. The summed E-state index contributed by atoms with van der Waals surface area (Å²) in [6, 6.07) is 19.2. The van der Waals surface area contributed by atoms with Crippen LogP contribution in [-0.4, -0.2) is 90.5 Å². The van der Waals surface area contributed by atoms with Crippen LogP contribution in [0.15, 0.2) is 85.2 Å². The Bertz CT molecular complexity index is 2550. The number of ether oxygens (including phenoxy) is 4. The van der Waals surface area contributed by atoms with E-state index in [0.717, 1.165) is 46.2 Å². The molecule has 22 heteroatoms. The second kappa shape index (κ2) is 25.3. The van der Waals surface area contributed by atoms with Crippen molar-refractivity contribution in [2.45, 2.75) is 39.1 Å². The van der Waals surface area contributed by atoms with Gasteiger partial charge in [0.05, 0.1) is 51.9 Å². The highest BCUT2D eigenvalue weighted by molar-refractivity contribution is 7.21. The van der Waals surface area contributed by atoms with Crippen molar-refractivity contribution in [2.24, 2.45) is 5.73 Å². The third-order valence-electron chi connectivity index (χ3n) is 8.57. The summed E-state index contributed by atoms with van der Waals surface area (Å²) < 4.78 is 47.1. The molecule has 340 valence electrons. The number of aromatic carboxylic acids is 1. The van der Waals surface area contributed by atoms with E-state index in [4.69, 9.17) is 20.3 Å². The fourth-order valence-corrected chi connectivity index (χ4v) is 7.13. The van der Waals surface area contributed by atoms with E-state index in [1.807, 2.05) is 48.5 Å². The minimum Gasteiger partial charge on any atom is -0.477 e. The number of hydrogen-bond acceptors (Lipinski definition) is 15. The Kier molecular flexibility index (Phi) is 20.4. The van der Waals surface area contributed by atoms with Crippen LogP contribution in [0.25, 0.3) is 20.4 Å². The van der Waals surface area contributed by atoms with Gasteiger partial charge >= 0.3 is 30.1 Å². The first-order chi connectivity index (χ1) is 30.1. The number of benzene rings is 2. The first-order valence-corrected chi connectivity index (χ1v) is 20.2. The SMILES string of the molecule is COC(=O)[C@@H](CN)NC(=O)OCc1ccccc1.COC(=O)[C@@H](CNC(=O)c1cc2ncc(F)c(C)c2s1)NC(=O)OCc1ccccc1.Cc1c(F)cnc2cc(C(=O)O)sc12.Cl. The van der Waals surface area contributed by atoms with Crippen molar-refractivity contribution >= 4 is 91.5 Å². The van der Waals surface area contributed by atoms with Gasteiger partial charge in [-0.05, 0) is 37.1 Å². The van der Waals surface area contributed by atoms with Gasteiger partial charge in [-0.3, -0.25) is 14.8 Å². The number of nitrogens with zero attached hydrogens (tertiary/aromatic N) is 2. The average Bonchev–Trinajstić information content (AvgIpc) is 3.95. The van der Waals surface area contributed by atoms with Gasteiger partial charge in [-0.1, -0.05) is 60.7 Å². The molecular weight excluding hydrogens is 902 g/mol. The molecule has 0 aliphatic rings. The number of pyridine rings is 2. The molecule has 0 radical (unpaired) electrons. The van der Waals surface area contributed by atoms with Gasteiger partial charge in [0.15, 0.2) is 0 Å². The molecule has 2 aromatic carbocycles. The number of carbonyl (C=O) groups excluding carboxylic acids is 5. The Morgan fingerprint density at radius 1 is 0.703 bits per heavy atom. The highest BCUT2D eigenvalue weighted by Gasteiger charge is 2.24. The van der Waals surface area contributed by atoms with Gasteiger partial charge in [-0.25, -0.2) is 32.8 Å². The third-order valence-corrected chi connectivity index (χ3v) is 11.0. The lowest BCUT2D eigenvalue weighted by atomic mass is 10.2. The molecule has 6 aromatic rings. The maximum Gasteiger partial charge on any atom is 0.408 e. The Morgan fingerprint density at radius 3 is 1.56 bits per heavy atom. The molecule has 0 saturated carbocycles. The van der Waals surface area contributed by atoms with Crippen LogP contribution in [0.4, 0.5) is 18.4 Å². The van der Waals surface area contributed by atoms with Crippen molar-refractivity contribution < 1.29 is 61.6 Å². The molecule has 0 bridgehead atoms. The number of alkyl carbamates (subject to hydrolysis) is 2. The maximum atomic E-state index is 13.7. The minimum atomic E-state index is -1.15. The van der Waals surface area contributed by atoms with E-state index in [-0.39, 0.29) is 43.6 Å². The molecule has 6 rings (SSSR count). The van der Waals surface area contributed by atoms with E-state index in [1.54, 1.807) is 26.0 Å². The van der Waals surface area contributed by atoms with Gasteiger partial charge in [-0.2, -0.15) is 0 Å². The first-order valence-electron chi connectivity index (χ1n) is 18.6. The molecule has 64 heavy (non-hydrogen) atoms. The van der Waals surface area contributed by atoms with E-state index in [9.17, 15) is 37.5 Å². The summed E-state index contributed by atoms with van der Waals surface area (Å²) in [6.07, 6.45) is 0.672. The fraction of sp³-hybridized carbons (Fsp3) is 0.238. The van der Waals surface area contributed by atoms with Crippen LogP contribution in [0.5, 0.6) is 0 Å². The molecule has 0 aliphatic carbocycles. The van der Waals surface area contributed by atoms with Crippen molar-refractivity contribution in [3.05, 3.63) is 129 Å². The molecule has 2 atom stereocenters. The fourth-order valence-electron chi connectivity index (χ4n) is 5.16. The topological polar surface area (TPSA) is 247 Å². The van der Waals surface area contributed by atoms with Gasteiger partial charge in [0.25, 0.3) is 5.91 Å². The van der Waals surface area contributed by atoms with Crippen LogP contribution in [-0.2, 0) is 41.8 Å². The zero-order valence-corrected chi connectivity index (χ0v) is 37.0. The number of aryl methyl sites for hydroxylation is 2. The quantitative estimate of drug-likeness (QED) is 0.0638. The zero-order valence-electron chi connectivity index (χ0n) is 34.5. The van der Waals surface area contributed by atoms with E-state index in [2.05, 4.69) is 35.4 Å². The molecule has 4 heterocycles. The van der Waals surface area contributed by atoms with Gasteiger partial charge in [0.1, 0.15) is 41.8 Å². The van der Waals surface area contributed by atoms with Gasteiger partial charge in [0, 0.05) is 24.2 Å². The second-order valence-corrected chi connectivity index (χ2v) is 15.0. The second-order valence-electron chi connectivity index (χ2n) is 12.9. The molecule has 6 N–H and O–H groups in total. The summed E-state index contributed by atoms with van der Waals surface area (Å²) in [5, 5.41) is 16.0. The van der Waals surface area contributed by atoms with Crippen LogP contribution < -0.4 is 21.7 Å². The molecule has 4 aromatic heterocycles.